The number of nitrogens with zero attached hydrogens (tertiary/aromatic N) is 1. The molecule has 1 atom stereocenters. The molecule has 1 aromatic heterocycles. The van der Waals surface area contributed by atoms with Crippen molar-refractivity contribution in [1.29, 1.82) is 0 Å². The molecular formula is C9H9F3N2O3S. The SMILES string of the molecule is Cc1nc(C(=O)NC(C)(C(=O)O)C(F)(F)F)cs1. The van der Waals surface area contributed by atoms with Crippen LogP contribution in [0.5, 0.6) is 0 Å². The number of aryl methyl sites for hydroxylation is 1. The predicted molar refractivity (Wildman–Crippen MR) is 56.4 cm³/mol. The smallest absolute Gasteiger partial charge is 0.422 e. The van der Waals surface area contributed by atoms with E-state index >= 15 is 0 Å². The molecule has 0 saturated carbocycles. The van der Waals surface area contributed by atoms with Crippen molar-refractivity contribution in [3.05, 3.63) is 16.1 Å². The number of carbonyl (C=O) groups excluding carboxylic acids is 1. The molecule has 0 saturated heterocycles. The molecule has 0 aliphatic carbocycles. The molecule has 0 aromatic carbocycles. The Morgan fingerprint density at radius 2 is 2.00 bits per heavy atom. The maximum atomic E-state index is 12.6. The van der Waals surface area contributed by atoms with E-state index in [1.807, 2.05) is 0 Å². The van der Waals surface area contributed by atoms with Gasteiger partial charge < -0.3 is 10.4 Å². The lowest BCUT2D eigenvalue weighted by atomic mass is 10.0. The summed E-state index contributed by atoms with van der Waals surface area (Å²) in [6.45, 7) is 1.95. The molecular weight excluding hydrogens is 273 g/mol. The molecule has 0 spiro atoms. The zero-order valence-corrected chi connectivity index (χ0v) is 10.1. The second-order valence-electron chi connectivity index (χ2n) is 3.63. The molecule has 100 valence electrons. The van der Waals surface area contributed by atoms with Gasteiger partial charge in [-0.2, -0.15) is 13.2 Å². The second-order valence-corrected chi connectivity index (χ2v) is 4.70. The molecule has 0 radical (unpaired) electrons. The van der Waals surface area contributed by atoms with Crippen LogP contribution >= 0.6 is 11.3 Å². The standard InChI is InChI=1S/C9H9F3N2O3S/c1-4-13-5(3-18-4)6(15)14-8(2,7(16)17)9(10,11)12/h3H,1-2H3,(H,14,15)(H,16,17). The first-order valence-corrected chi connectivity index (χ1v) is 5.50. The van der Waals surface area contributed by atoms with Gasteiger partial charge in [0.25, 0.3) is 5.91 Å². The lowest BCUT2D eigenvalue weighted by Crippen LogP contribution is -2.61. The number of alkyl halides is 3. The minimum Gasteiger partial charge on any atom is -0.479 e. The number of nitrogens with one attached hydrogen (secondary N) is 1. The number of amides is 1. The van der Waals surface area contributed by atoms with Gasteiger partial charge in [-0.05, 0) is 13.8 Å². The highest BCUT2D eigenvalue weighted by molar-refractivity contribution is 7.09. The van der Waals surface area contributed by atoms with Crippen molar-refractivity contribution >= 4 is 23.2 Å². The molecule has 0 aliphatic heterocycles. The van der Waals surface area contributed by atoms with Crippen molar-refractivity contribution in [2.45, 2.75) is 25.6 Å². The monoisotopic (exact) mass is 282 g/mol. The van der Waals surface area contributed by atoms with E-state index < -0.39 is 23.6 Å². The van der Waals surface area contributed by atoms with Crippen LogP contribution in [-0.4, -0.2) is 33.7 Å². The first-order chi connectivity index (χ1) is 8.08. The average molecular weight is 282 g/mol. The number of hydrogen-bond acceptors (Lipinski definition) is 4. The van der Waals surface area contributed by atoms with E-state index in [2.05, 4.69) is 4.98 Å². The summed E-state index contributed by atoms with van der Waals surface area (Å²) < 4.78 is 37.9. The van der Waals surface area contributed by atoms with Crippen molar-refractivity contribution in [2.75, 3.05) is 0 Å². The Balaban J connectivity index is 3.00. The third kappa shape index (κ3) is 2.61. The van der Waals surface area contributed by atoms with Crippen LogP contribution in [0.15, 0.2) is 5.38 Å². The van der Waals surface area contributed by atoms with Gasteiger partial charge in [0.1, 0.15) is 5.69 Å². The number of hydrogen-bond donors (Lipinski definition) is 2. The van der Waals surface area contributed by atoms with E-state index in [9.17, 15) is 22.8 Å². The molecule has 1 amide bonds. The van der Waals surface area contributed by atoms with Gasteiger partial charge >= 0.3 is 12.1 Å². The van der Waals surface area contributed by atoms with Crippen LogP contribution in [0.4, 0.5) is 13.2 Å². The molecule has 0 aliphatic rings. The van der Waals surface area contributed by atoms with Gasteiger partial charge in [0, 0.05) is 5.38 Å². The van der Waals surface area contributed by atoms with E-state index in [-0.39, 0.29) is 5.69 Å². The highest BCUT2D eigenvalue weighted by Crippen LogP contribution is 2.30. The number of carbonyl (C=O) groups is 2. The van der Waals surface area contributed by atoms with E-state index in [4.69, 9.17) is 5.11 Å². The van der Waals surface area contributed by atoms with Crippen molar-refractivity contribution in [3.63, 3.8) is 0 Å². The van der Waals surface area contributed by atoms with Gasteiger partial charge in [-0.3, -0.25) is 4.79 Å². The first-order valence-electron chi connectivity index (χ1n) is 4.62. The van der Waals surface area contributed by atoms with Gasteiger partial charge in [0.15, 0.2) is 0 Å². The summed E-state index contributed by atoms with van der Waals surface area (Å²) in [4.78, 5) is 25.9. The van der Waals surface area contributed by atoms with Crippen LogP contribution in [-0.2, 0) is 4.79 Å². The molecule has 0 bridgehead atoms. The molecule has 1 aromatic rings. The molecule has 18 heavy (non-hydrogen) atoms. The summed E-state index contributed by atoms with van der Waals surface area (Å²) in [6.07, 6.45) is -5.11. The minimum atomic E-state index is -5.11. The lowest BCUT2D eigenvalue weighted by Gasteiger charge is -2.28. The summed E-state index contributed by atoms with van der Waals surface area (Å²) >= 11 is 1.07. The Hall–Kier alpha value is -1.64. The highest BCUT2D eigenvalue weighted by atomic mass is 32.1. The fourth-order valence-corrected chi connectivity index (χ4v) is 1.60. The number of aliphatic carboxylic acids is 1. The quantitative estimate of drug-likeness (QED) is 0.882. The van der Waals surface area contributed by atoms with Crippen LogP contribution in [0.2, 0.25) is 0 Å². The Bertz CT molecular complexity index is 486. The van der Waals surface area contributed by atoms with E-state index in [0.717, 1.165) is 11.3 Å². The lowest BCUT2D eigenvalue weighted by molar-refractivity contribution is -0.203. The molecule has 9 heteroatoms. The van der Waals surface area contributed by atoms with Crippen LogP contribution in [0, 0.1) is 6.92 Å². The zero-order valence-electron chi connectivity index (χ0n) is 9.33. The van der Waals surface area contributed by atoms with Crippen LogP contribution in [0.25, 0.3) is 0 Å². The van der Waals surface area contributed by atoms with E-state index in [0.29, 0.717) is 11.9 Å². The molecule has 2 N–H and O–H groups in total. The van der Waals surface area contributed by atoms with Gasteiger partial charge in [-0.15, -0.1) is 11.3 Å². The van der Waals surface area contributed by atoms with Gasteiger partial charge in [-0.25, -0.2) is 9.78 Å². The van der Waals surface area contributed by atoms with Crippen molar-refractivity contribution < 1.29 is 27.9 Å². The summed E-state index contributed by atoms with van der Waals surface area (Å²) in [5.41, 5.74) is -3.59. The average Bonchev–Trinajstić information content (AvgIpc) is 2.62. The van der Waals surface area contributed by atoms with Crippen LogP contribution < -0.4 is 5.32 Å². The van der Waals surface area contributed by atoms with E-state index in [1.165, 1.54) is 10.7 Å². The minimum absolute atomic E-state index is 0.241. The topological polar surface area (TPSA) is 79.3 Å². The number of halogens is 3. The highest BCUT2D eigenvalue weighted by Gasteiger charge is 2.58. The molecule has 1 rings (SSSR count). The fourth-order valence-electron chi connectivity index (χ4n) is 1.00. The maximum Gasteiger partial charge on any atom is 0.422 e. The van der Waals surface area contributed by atoms with Crippen LogP contribution in [0.1, 0.15) is 22.4 Å². The normalized spacial score (nSPS) is 14.9. The van der Waals surface area contributed by atoms with Crippen molar-refractivity contribution in [3.8, 4) is 0 Å². The fraction of sp³-hybridized carbons (Fsp3) is 0.444. The largest absolute Gasteiger partial charge is 0.479 e. The summed E-state index contributed by atoms with van der Waals surface area (Å²) in [5.74, 6) is -3.36. The molecule has 0 fully saturated rings. The maximum absolute atomic E-state index is 12.6. The number of thiazole rings is 1. The van der Waals surface area contributed by atoms with E-state index in [1.54, 1.807) is 6.92 Å². The zero-order chi connectivity index (χ0) is 14.1. The number of aromatic nitrogens is 1. The Kier molecular flexibility index (Phi) is 3.65. The van der Waals surface area contributed by atoms with Crippen molar-refractivity contribution in [2.24, 2.45) is 0 Å². The number of carboxylic acids is 1. The molecule has 1 heterocycles. The molecule has 1 unspecified atom stereocenters. The van der Waals surface area contributed by atoms with Gasteiger partial charge in [0.2, 0.25) is 5.54 Å². The number of carboxylic acid groups (broad SMARTS) is 1. The summed E-state index contributed by atoms with van der Waals surface area (Å²) in [6, 6.07) is 0. The third-order valence-corrected chi connectivity index (χ3v) is 2.98. The Morgan fingerprint density at radius 3 is 2.33 bits per heavy atom. The Labute approximate surface area is 104 Å². The predicted octanol–water partition coefficient (Wildman–Crippen LogP) is 1.59. The van der Waals surface area contributed by atoms with Crippen molar-refractivity contribution in [1.82, 2.24) is 10.3 Å². The van der Waals surface area contributed by atoms with Gasteiger partial charge in [0.05, 0.1) is 5.01 Å². The van der Waals surface area contributed by atoms with Crippen LogP contribution in [0.3, 0.4) is 0 Å². The second kappa shape index (κ2) is 4.56. The summed E-state index contributed by atoms with van der Waals surface area (Å²) in [7, 11) is 0. The van der Waals surface area contributed by atoms with Gasteiger partial charge in [-0.1, -0.05) is 0 Å². The summed E-state index contributed by atoms with van der Waals surface area (Å²) in [5, 5.41) is 11.8. The third-order valence-electron chi connectivity index (χ3n) is 2.21. The first kappa shape index (κ1) is 14.4. The Morgan fingerprint density at radius 1 is 1.44 bits per heavy atom. The molecule has 5 nitrogen and oxygen atoms in total. The number of rotatable bonds is 3.